The molecule has 58 valence electrons. The third-order valence-corrected chi connectivity index (χ3v) is 2.81. The zero-order chi connectivity index (χ0) is 7.24. The van der Waals surface area contributed by atoms with E-state index in [2.05, 4.69) is 6.92 Å². The van der Waals surface area contributed by atoms with Gasteiger partial charge in [-0.1, -0.05) is 0 Å². The zero-order valence-electron chi connectivity index (χ0n) is 6.52. The van der Waals surface area contributed by atoms with Crippen LogP contribution in [-0.4, -0.2) is 17.7 Å². The number of hydrogen-bond donors (Lipinski definition) is 1. The van der Waals surface area contributed by atoms with E-state index in [0.717, 1.165) is 19.4 Å². The number of fused-ring (bicyclic) bond motifs is 2. The molecule has 2 fully saturated rings. The van der Waals surface area contributed by atoms with Crippen LogP contribution in [0.2, 0.25) is 0 Å². The van der Waals surface area contributed by atoms with Crippen LogP contribution >= 0.6 is 0 Å². The lowest BCUT2D eigenvalue weighted by Gasteiger charge is -2.31. The van der Waals surface area contributed by atoms with Crippen molar-refractivity contribution in [2.24, 2.45) is 5.73 Å². The average Bonchev–Trinajstić information content (AvgIpc) is 2.03. The Balaban J connectivity index is 2.20. The summed E-state index contributed by atoms with van der Waals surface area (Å²) in [5.74, 6) is 0. The first-order valence-electron chi connectivity index (χ1n) is 4.05. The van der Waals surface area contributed by atoms with Crippen LogP contribution in [0.4, 0.5) is 0 Å². The molecule has 2 rings (SSSR count). The first kappa shape index (κ1) is 6.62. The van der Waals surface area contributed by atoms with Crippen molar-refractivity contribution >= 4 is 0 Å². The van der Waals surface area contributed by atoms with E-state index < -0.39 is 0 Å². The first-order chi connectivity index (χ1) is 4.62. The monoisotopic (exact) mass is 141 g/mol. The van der Waals surface area contributed by atoms with E-state index >= 15 is 0 Å². The molecule has 2 N–H and O–H groups in total. The van der Waals surface area contributed by atoms with Gasteiger partial charge < -0.3 is 10.5 Å². The van der Waals surface area contributed by atoms with Gasteiger partial charge in [-0.15, -0.1) is 0 Å². The summed E-state index contributed by atoms with van der Waals surface area (Å²) in [4.78, 5) is 0. The maximum atomic E-state index is 6.06. The molecule has 0 aromatic carbocycles. The molecule has 2 aliphatic rings. The molecule has 10 heavy (non-hydrogen) atoms. The highest BCUT2D eigenvalue weighted by molar-refractivity contribution is 5.02. The molecule has 2 nitrogen and oxygen atoms in total. The van der Waals surface area contributed by atoms with Crippen LogP contribution in [0.15, 0.2) is 0 Å². The van der Waals surface area contributed by atoms with Crippen LogP contribution < -0.4 is 5.73 Å². The molecule has 2 bridgehead atoms. The van der Waals surface area contributed by atoms with E-state index in [1.165, 1.54) is 12.8 Å². The summed E-state index contributed by atoms with van der Waals surface area (Å²) >= 11 is 0. The first-order valence-corrected chi connectivity index (χ1v) is 4.05. The molecule has 0 spiro atoms. The Hall–Kier alpha value is -0.0800. The van der Waals surface area contributed by atoms with Crippen LogP contribution in [0, 0.1) is 0 Å². The van der Waals surface area contributed by atoms with E-state index in [1.54, 1.807) is 0 Å². The van der Waals surface area contributed by atoms with Crippen LogP contribution in [0.25, 0.3) is 0 Å². The fourth-order valence-corrected chi connectivity index (χ4v) is 2.30. The van der Waals surface area contributed by atoms with E-state index in [0.29, 0.717) is 0 Å². The second-order valence-electron chi connectivity index (χ2n) is 4.13. The fraction of sp³-hybridized carbons (Fsp3) is 1.00. The quantitative estimate of drug-likeness (QED) is 0.547. The Morgan fingerprint density at radius 1 is 1.40 bits per heavy atom. The number of ether oxygens (including phenoxy) is 1. The molecule has 1 aliphatic heterocycles. The third kappa shape index (κ3) is 0.867. The molecule has 2 heteroatoms. The molecule has 0 aromatic heterocycles. The summed E-state index contributed by atoms with van der Waals surface area (Å²) in [7, 11) is 0. The largest absolute Gasteiger partial charge is 0.373 e. The Bertz CT molecular complexity index is 143. The minimum atomic E-state index is 0.0347. The van der Waals surface area contributed by atoms with Crippen LogP contribution in [-0.2, 0) is 4.74 Å². The lowest BCUT2D eigenvalue weighted by molar-refractivity contribution is 0.0148. The third-order valence-electron chi connectivity index (χ3n) is 2.81. The van der Waals surface area contributed by atoms with Gasteiger partial charge in [0, 0.05) is 5.54 Å². The van der Waals surface area contributed by atoms with E-state index in [-0.39, 0.29) is 11.1 Å². The molecule has 1 saturated heterocycles. The average molecular weight is 141 g/mol. The van der Waals surface area contributed by atoms with E-state index in [9.17, 15) is 0 Å². The van der Waals surface area contributed by atoms with Gasteiger partial charge in [-0.2, -0.15) is 0 Å². The normalized spacial score (nSPS) is 53.4. The molecule has 2 unspecified atom stereocenters. The smallest absolute Gasteiger partial charge is 0.0673 e. The summed E-state index contributed by atoms with van der Waals surface area (Å²) in [6, 6.07) is 0. The van der Waals surface area contributed by atoms with Crippen molar-refractivity contribution in [3.05, 3.63) is 0 Å². The van der Waals surface area contributed by atoms with Gasteiger partial charge in [-0.3, -0.25) is 0 Å². The highest BCUT2D eigenvalue weighted by atomic mass is 16.5. The highest BCUT2D eigenvalue weighted by Crippen LogP contribution is 2.42. The molecule has 0 amide bonds. The summed E-state index contributed by atoms with van der Waals surface area (Å²) in [6.45, 7) is 2.96. The molecule has 1 heterocycles. The number of nitrogens with two attached hydrogens (primary N) is 1. The van der Waals surface area contributed by atoms with Gasteiger partial charge in [0.05, 0.1) is 12.2 Å². The van der Waals surface area contributed by atoms with Crippen molar-refractivity contribution in [2.75, 3.05) is 6.61 Å². The van der Waals surface area contributed by atoms with Gasteiger partial charge in [-0.05, 0) is 32.6 Å². The summed E-state index contributed by atoms with van der Waals surface area (Å²) in [5.41, 5.74) is 6.23. The summed E-state index contributed by atoms with van der Waals surface area (Å²) in [5, 5.41) is 0. The number of rotatable bonds is 0. The van der Waals surface area contributed by atoms with Gasteiger partial charge in [0.2, 0.25) is 0 Å². The predicted molar refractivity (Wildman–Crippen MR) is 39.7 cm³/mol. The molecule has 0 radical (unpaired) electrons. The fourth-order valence-electron chi connectivity index (χ4n) is 2.30. The zero-order valence-corrected chi connectivity index (χ0v) is 6.52. The Kier molecular flexibility index (Phi) is 1.15. The lowest BCUT2D eigenvalue weighted by Crippen LogP contribution is -2.44. The Morgan fingerprint density at radius 3 is 2.80 bits per heavy atom. The SMILES string of the molecule is CC12CCCC(N)(CO1)C2. The van der Waals surface area contributed by atoms with Gasteiger partial charge in [0.1, 0.15) is 0 Å². The van der Waals surface area contributed by atoms with Crippen molar-refractivity contribution < 1.29 is 4.74 Å². The standard InChI is InChI=1S/C8H15NO/c1-7-3-2-4-8(9,5-7)6-10-7/h2-6,9H2,1H3. The highest BCUT2D eigenvalue weighted by Gasteiger charge is 2.47. The maximum absolute atomic E-state index is 6.06. The van der Waals surface area contributed by atoms with Crippen LogP contribution in [0.1, 0.15) is 32.6 Å². The molecular weight excluding hydrogens is 126 g/mol. The van der Waals surface area contributed by atoms with E-state index in [4.69, 9.17) is 10.5 Å². The lowest BCUT2D eigenvalue weighted by atomic mass is 9.78. The molecular formula is C8H15NO. The minimum Gasteiger partial charge on any atom is -0.373 e. The Labute approximate surface area is 61.7 Å². The van der Waals surface area contributed by atoms with Gasteiger partial charge in [0.15, 0.2) is 0 Å². The van der Waals surface area contributed by atoms with Crippen LogP contribution in [0.5, 0.6) is 0 Å². The van der Waals surface area contributed by atoms with Gasteiger partial charge in [-0.25, -0.2) is 0 Å². The minimum absolute atomic E-state index is 0.0347. The topological polar surface area (TPSA) is 35.2 Å². The van der Waals surface area contributed by atoms with Crippen molar-refractivity contribution in [1.82, 2.24) is 0 Å². The van der Waals surface area contributed by atoms with Crippen molar-refractivity contribution in [3.8, 4) is 0 Å². The molecule has 1 aliphatic carbocycles. The van der Waals surface area contributed by atoms with E-state index in [1.807, 2.05) is 0 Å². The number of hydrogen-bond acceptors (Lipinski definition) is 2. The Morgan fingerprint density at radius 2 is 2.20 bits per heavy atom. The van der Waals surface area contributed by atoms with Gasteiger partial charge in [0.25, 0.3) is 0 Å². The van der Waals surface area contributed by atoms with Crippen LogP contribution in [0.3, 0.4) is 0 Å². The molecule has 1 saturated carbocycles. The molecule has 2 atom stereocenters. The second-order valence-corrected chi connectivity index (χ2v) is 4.13. The molecule has 0 aromatic rings. The summed E-state index contributed by atoms with van der Waals surface area (Å²) in [6.07, 6.45) is 4.67. The second kappa shape index (κ2) is 1.74. The van der Waals surface area contributed by atoms with Gasteiger partial charge >= 0.3 is 0 Å². The maximum Gasteiger partial charge on any atom is 0.0673 e. The van der Waals surface area contributed by atoms with Crippen molar-refractivity contribution in [1.29, 1.82) is 0 Å². The van der Waals surface area contributed by atoms with Crippen molar-refractivity contribution in [3.63, 3.8) is 0 Å². The predicted octanol–water partition coefficient (Wildman–Crippen LogP) is 1.05. The summed E-state index contributed by atoms with van der Waals surface area (Å²) < 4.78 is 5.64. The van der Waals surface area contributed by atoms with Crippen molar-refractivity contribution in [2.45, 2.75) is 43.7 Å².